The van der Waals surface area contributed by atoms with Crippen molar-refractivity contribution in [2.75, 3.05) is 26.7 Å². The van der Waals surface area contributed by atoms with Crippen LogP contribution in [0, 0.1) is 17.8 Å². The molecule has 2 N–H and O–H groups in total. The van der Waals surface area contributed by atoms with Crippen LogP contribution in [0.25, 0.3) is 10.1 Å². The molecule has 5 aliphatic rings. The minimum Gasteiger partial charge on any atom is -0.464 e. The minimum absolute atomic E-state index is 0.0187. The molecule has 3 aromatic carbocycles. The van der Waals surface area contributed by atoms with Gasteiger partial charge < -0.3 is 29.3 Å². The number of halogens is 4. The number of hydrogen-bond acceptors (Lipinski definition) is 9. The van der Waals surface area contributed by atoms with Gasteiger partial charge in [0.25, 0.3) is 5.91 Å². The highest BCUT2D eigenvalue weighted by Crippen LogP contribution is 2.58. The van der Waals surface area contributed by atoms with Crippen molar-refractivity contribution >= 4 is 52.6 Å². The fraction of sp³-hybridized carbons (Fsp3) is 0.547. The normalized spacial score (nSPS) is 26.8. The molecule has 1 spiro atoms. The molecule has 18 heteroatoms. The molecule has 3 saturated heterocycles. The molecule has 71 heavy (non-hydrogen) atoms. The van der Waals surface area contributed by atoms with Crippen LogP contribution in [0.5, 0.6) is 5.75 Å². The van der Waals surface area contributed by atoms with Gasteiger partial charge in [-0.3, -0.25) is 23.7 Å². The summed E-state index contributed by atoms with van der Waals surface area (Å²) in [5, 5.41) is 6.09. The molecule has 4 heterocycles. The molecule has 12 nitrogen and oxygen atoms in total. The summed E-state index contributed by atoms with van der Waals surface area (Å²) >= 11 is 1.14. The Morgan fingerprint density at radius 2 is 1.63 bits per heavy atom. The van der Waals surface area contributed by atoms with Crippen LogP contribution < -0.4 is 14.9 Å². The third kappa shape index (κ3) is 11.1. The van der Waals surface area contributed by atoms with Gasteiger partial charge in [-0.1, -0.05) is 68.4 Å². The monoisotopic (exact) mass is 1020 g/mol. The number of benzene rings is 3. The summed E-state index contributed by atoms with van der Waals surface area (Å²) in [6.07, 6.45) is 0.999. The second-order valence-corrected chi connectivity index (χ2v) is 24.3. The Hall–Kier alpha value is -4.83. The van der Waals surface area contributed by atoms with E-state index in [1.165, 1.54) is 36.8 Å². The van der Waals surface area contributed by atoms with E-state index >= 15 is 4.39 Å². The maximum atomic E-state index is 16.8. The quantitative estimate of drug-likeness (QED) is 0.0638. The molecule has 4 aromatic rings. The number of fused-ring (bicyclic) bond motifs is 2. The molecule has 382 valence electrons. The van der Waals surface area contributed by atoms with Gasteiger partial charge in [-0.05, 0) is 137 Å². The largest absolute Gasteiger partial charge is 0.464 e. The summed E-state index contributed by atoms with van der Waals surface area (Å²) in [6, 6.07) is 21.1. The first-order chi connectivity index (χ1) is 33.8. The van der Waals surface area contributed by atoms with E-state index < -0.39 is 55.5 Å². The van der Waals surface area contributed by atoms with Gasteiger partial charge in [-0.15, -0.1) is 11.3 Å². The topological polar surface area (TPSA) is 138 Å². The first-order valence-corrected chi connectivity index (χ1v) is 27.5. The highest BCUT2D eigenvalue weighted by Gasteiger charge is 2.59. The Labute approximate surface area is 416 Å². The van der Waals surface area contributed by atoms with Gasteiger partial charge in [0.05, 0.1) is 17.4 Å². The van der Waals surface area contributed by atoms with Crippen LogP contribution in [0.15, 0.2) is 84.9 Å². The second kappa shape index (κ2) is 20.6. The standard InChI is InChI=1S/C53H64F4N5O7PS/c1-32(2)31-68-51(66)33(3)59-70(67,69-42-13-9-6-10-14-42)47(54)36-15-20-45-37(25-36)26-46(71-45)48(63)58-43-18-16-40(60(4)29-34-23-39(24-34)53(55,56)57)27-41-17-19-44(62(41)49(43)64)50(65)61-30-38(28-52(61)21-22-52)35-11-7-5-8-12-35/h5-15,20,25-26,32-34,38-41,43-44,47H,16-19,21-24,27-31H2,1-4H3,(H,58,63)(H,59,67)/t33-,34?,38+,39?,40-,41+,43-,44-,47+,70?/m0/s1. The van der Waals surface area contributed by atoms with E-state index in [0.717, 1.165) is 30.6 Å². The predicted octanol–water partition coefficient (Wildman–Crippen LogP) is 10.4. The number of nitrogens with zero attached hydrogens (tertiary/aromatic N) is 3. The number of carbonyl (C=O) groups is 4. The van der Waals surface area contributed by atoms with Gasteiger partial charge in [0.15, 0.2) is 0 Å². The Morgan fingerprint density at radius 1 is 0.930 bits per heavy atom. The van der Waals surface area contributed by atoms with Gasteiger partial charge >= 0.3 is 19.7 Å². The summed E-state index contributed by atoms with van der Waals surface area (Å²) in [5.74, 6) is -4.94. The van der Waals surface area contributed by atoms with Crippen molar-refractivity contribution in [3.8, 4) is 5.75 Å². The zero-order chi connectivity index (χ0) is 50.4. The number of esters is 1. The average molecular weight is 1020 g/mol. The smallest absolute Gasteiger partial charge is 0.391 e. The first kappa shape index (κ1) is 51.1. The lowest BCUT2D eigenvalue weighted by Gasteiger charge is -2.43. The van der Waals surface area contributed by atoms with Crippen molar-refractivity contribution in [1.29, 1.82) is 0 Å². The van der Waals surface area contributed by atoms with Crippen LogP contribution in [-0.4, -0.2) is 107 Å². The Morgan fingerprint density at radius 3 is 2.31 bits per heavy atom. The molecule has 5 fully saturated rings. The van der Waals surface area contributed by atoms with Gasteiger partial charge in [-0.25, -0.2) is 9.48 Å². The number of hydrogen-bond donors (Lipinski definition) is 2. The SMILES string of the molecule is CC(C)COC(=O)[C@H](C)NP(=O)(Oc1ccccc1)[C@@H](F)c1ccc2sc(C(=O)N[C@H]3CC[C@H](N(C)CC4CC(C(F)(F)F)C4)C[C@H]4CC[C@@H](C(=O)N5C[C@H](c6ccccc6)CC56CC6)N4C3=O)cc2c1. The average Bonchev–Trinajstić information content (AvgIpc) is 3.60. The van der Waals surface area contributed by atoms with Crippen molar-refractivity contribution in [2.24, 2.45) is 17.8 Å². The zero-order valence-corrected chi connectivity index (χ0v) is 42.3. The van der Waals surface area contributed by atoms with Crippen LogP contribution in [0.1, 0.15) is 118 Å². The summed E-state index contributed by atoms with van der Waals surface area (Å²) in [5.41, 5.74) is 0.930. The molecule has 3 amide bonds. The van der Waals surface area contributed by atoms with Gasteiger partial charge in [-0.2, -0.15) is 13.2 Å². The lowest BCUT2D eigenvalue weighted by atomic mass is 9.74. The van der Waals surface area contributed by atoms with E-state index in [0.29, 0.717) is 48.9 Å². The van der Waals surface area contributed by atoms with Crippen LogP contribution >= 0.6 is 18.9 Å². The van der Waals surface area contributed by atoms with Crippen molar-refractivity contribution in [3.63, 3.8) is 0 Å². The summed E-state index contributed by atoms with van der Waals surface area (Å²) in [4.78, 5) is 63.2. The summed E-state index contributed by atoms with van der Waals surface area (Å²) in [7, 11) is -2.61. The molecule has 1 unspecified atom stereocenters. The number of amides is 3. The van der Waals surface area contributed by atoms with E-state index in [2.05, 4.69) is 27.4 Å². The summed E-state index contributed by atoms with van der Waals surface area (Å²) in [6.45, 7) is 6.33. The third-order valence-electron chi connectivity index (χ3n) is 15.4. The molecular weight excluding hydrogens is 958 g/mol. The first-order valence-electron chi connectivity index (χ1n) is 25.0. The summed E-state index contributed by atoms with van der Waals surface area (Å²) < 4.78 is 83.4. The van der Waals surface area contributed by atoms with Crippen LogP contribution in [0.4, 0.5) is 17.6 Å². The molecule has 1 aromatic heterocycles. The minimum atomic E-state index is -4.53. The van der Waals surface area contributed by atoms with Crippen molar-refractivity contribution < 1.29 is 50.6 Å². The molecular formula is C53H64F4N5O7PS. The van der Waals surface area contributed by atoms with E-state index in [-0.39, 0.29) is 89.3 Å². The van der Waals surface area contributed by atoms with Crippen LogP contribution in [0.2, 0.25) is 0 Å². The van der Waals surface area contributed by atoms with E-state index in [1.54, 1.807) is 35.2 Å². The molecule has 0 radical (unpaired) electrons. The maximum Gasteiger partial charge on any atom is 0.391 e. The van der Waals surface area contributed by atoms with E-state index in [9.17, 15) is 36.9 Å². The fourth-order valence-electron chi connectivity index (χ4n) is 11.4. The number of ether oxygens (including phenoxy) is 1. The Kier molecular flexibility index (Phi) is 14.8. The van der Waals surface area contributed by atoms with Crippen LogP contribution in [-0.2, 0) is 23.7 Å². The van der Waals surface area contributed by atoms with Crippen molar-refractivity contribution in [2.45, 2.75) is 139 Å². The fourth-order valence-corrected chi connectivity index (χ4v) is 14.2. The van der Waals surface area contributed by atoms with E-state index in [1.807, 2.05) is 44.0 Å². The Bertz CT molecular complexity index is 2630. The maximum absolute atomic E-state index is 16.8. The highest BCUT2D eigenvalue weighted by atomic mass is 32.1. The number of para-hydroxylation sites is 1. The molecule has 3 aliphatic heterocycles. The van der Waals surface area contributed by atoms with Crippen molar-refractivity contribution in [1.82, 2.24) is 25.1 Å². The molecule has 8 atom stereocenters. The molecule has 9 rings (SSSR count). The molecule has 2 aliphatic carbocycles. The third-order valence-corrected chi connectivity index (χ3v) is 18.7. The number of nitrogens with one attached hydrogen (secondary N) is 2. The zero-order valence-electron chi connectivity index (χ0n) is 40.6. The van der Waals surface area contributed by atoms with Crippen LogP contribution in [0.3, 0.4) is 0 Å². The Balaban J connectivity index is 0.947. The number of likely N-dealkylation sites (tertiary alicyclic amines) is 1. The lowest BCUT2D eigenvalue weighted by molar-refractivity contribution is -0.205. The van der Waals surface area contributed by atoms with Crippen molar-refractivity contribution in [3.05, 3.63) is 101 Å². The van der Waals surface area contributed by atoms with E-state index in [4.69, 9.17) is 9.26 Å². The number of alkyl halides is 4. The molecule has 2 saturated carbocycles. The number of carbonyl (C=O) groups excluding carboxylic acids is 4. The molecule has 0 bridgehead atoms. The number of thiophene rings is 1. The van der Waals surface area contributed by atoms with Gasteiger partial charge in [0.2, 0.25) is 17.7 Å². The predicted molar refractivity (Wildman–Crippen MR) is 264 cm³/mol. The lowest BCUT2D eigenvalue weighted by Crippen LogP contribution is -2.59. The second-order valence-electron chi connectivity index (χ2n) is 21.1. The van der Waals surface area contributed by atoms with Gasteiger partial charge in [0.1, 0.15) is 23.9 Å². The number of rotatable bonds is 16. The highest BCUT2D eigenvalue weighted by molar-refractivity contribution is 7.57. The van der Waals surface area contributed by atoms with Gasteiger partial charge in [0, 0.05) is 41.3 Å².